The minimum atomic E-state index is 0.703. The first-order chi connectivity index (χ1) is 8.24. The summed E-state index contributed by atoms with van der Waals surface area (Å²) in [6.45, 7) is 6.63. The van der Waals surface area contributed by atoms with E-state index in [9.17, 15) is 0 Å². The van der Waals surface area contributed by atoms with Gasteiger partial charge < -0.3 is 15.0 Å². The zero-order valence-corrected chi connectivity index (χ0v) is 11.2. The maximum absolute atomic E-state index is 5.11. The molecule has 96 valence electrons. The van der Waals surface area contributed by atoms with Gasteiger partial charge in [-0.15, -0.1) is 0 Å². The molecule has 0 aromatic carbocycles. The predicted molar refractivity (Wildman–Crippen MR) is 70.7 cm³/mol. The second-order valence-electron chi connectivity index (χ2n) is 3.70. The molecule has 0 aliphatic rings. The van der Waals surface area contributed by atoms with Gasteiger partial charge in [-0.1, -0.05) is 6.92 Å². The van der Waals surface area contributed by atoms with Crippen molar-refractivity contribution in [3.05, 3.63) is 11.9 Å². The summed E-state index contributed by atoms with van der Waals surface area (Å²) in [5.74, 6) is 2.69. The number of methoxy groups -OCH3 is 1. The van der Waals surface area contributed by atoms with Crippen molar-refractivity contribution in [3.8, 4) is 0 Å². The first-order valence-corrected chi connectivity index (χ1v) is 6.04. The summed E-state index contributed by atoms with van der Waals surface area (Å²) >= 11 is 0. The van der Waals surface area contributed by atoms with Gasteiger partial charge in [0.1, 0.15) is 17.5 Å². The van der Waals surface area contributed by atoms with Gasteiger partial charge in [-0.3, -0.25) is 0 Å². The Bertz CT molecular complexity index is 321. The van der Waals surface area contributed by atoms with Gasteiger partial charge in [0.25, 0.3) is 0 Å². The lowest BCUT2D eigenvalue weighted by atomic mass is 10.4. The molecule has 0 fully saturated rings. The average Bonchev–Trinajstić information content (AvgIpc) is 2.39. The van der Waals surface area contributed by atoms with Crippen LogP contribution in [-0.4, -0.2) is 43.8 Å². The molecule has 1 rings (SSSR count). The molecule has 0 aliphatic heterocycles. The predicted octanol–water partition coefficient (Wildman–Crippen LogP) is 1.55. The molecule has 0 atom stereocenters. The van der Waals surface area contributed by atoms with E-state index in [2.05, 4.69) is 34.0 Å². The Morgan fingerprint density at radius 1 is 1.35 bits per heavy atom. The fraction of sp³-hybridized carbons (Fsp3) is 0.667. The molecule has 17 heavy (non-hydrogen) atoms. The molecule has 0 unspecified atom stereocenters. The maximum atomic E-state index is 5.11. The zero-order valence-electron chi connectivity index (χ0n) is 11.2. The van der Waals surface area contributed by atoms with Crippen molar-refractivity contribution in [2.24, 2.45) is 0 Å². The van der Waals surface area contributed by atoms with E-state index >= 15 is 0 Å². The molecule has 0 amide bonds. The van der Waals surface area contributed by atoms with Crippen molar-refractivity contribution >= 4 is 11.6 Å². The average molecular weight is 238 g/mol. The molecule has 0 radical (unpaired) electrons. The van der Waals surface area contributed by atoms with Crippen LogP contribution in [0.3, 0.4) is 0 Å². The Kier molecular flexibility index (Phi) is 5.69. The van der Waals surface area contributed by atoms with Crippen LogP contribution in [0.5, 0.6) is 0 Å². The number of likely N-dealkylation sites (N-methyl/N-ethyl adjacent to an activating group) is 1. The van der Waals surface area contributed by atoms with Crippen molar-refractivity contribution in [2.75, 3.05) is 44.1 Å². The molecule has 1 N–H and O–H groups in total. The number of hydrogen-bond acceptors (Lipinski definition) is 5. The number of nitrogens with one attached hydrogen (secondary N) is 1. The SMILES string of the molecule is CCc1nc(NC)cc(N(CC)CCOC)n1. The second kappa shape index (κ2) is 7.06. The van der Waals surface area contributed by atoms with Crippen molar-refractivity contribution < 1.29 is 4.74 Å². The van der Waals surface area contributed by atoms with Crippen LogP contribution in [0.1, 0.15) is 19.7 Å². The Morgan fingerprint density at radius 2 is 2.12 bits per heavy atom. The normalized spacial score (nSPS) is 10.4. The number of anilines is 2. The highest BCUT2D eigenvalue weighted by Gasteiger charge is 2.09. The van der Waals surface area contributed by atoms with Gasteiger partial charge in [0.15, 0.2) is 0 Å². The van der Waals surface area contributed by atoms with Crippen LogP contribution in [0.15, 0.2) is 6.07 Å². The number of aromatic nitrogens is 2. The summed E-state index contributed by atoms with van der Waals surface area (Å²) < 4.78 is 5.11. The van der Waals surface area contributed by atoms with Gasteiger partial charge >= 0.3 is 0 Å². The smallest absolute Gasteiger partial charge is 0.134 e. The molecule has 0 saturated carbocycles. The minimum Gasteiger partial charge on any atom is -0.383 e. The Balaban J connectivity index is 2.92. The Labute approximate surface area is 103 Å². The summed E-state index contributed by atoms with van der Waals surface area (Å²) in [6.07, 6.45) is 0.838. The number of ether oxygens (including phenoxy) is 1. The van der Waals surface area contributed by atoms with Crippen LogP contribution in [0, 0.1) is 0 Å². The largest absolute Gasteiger partial charge is 0.383 e. The topological polar surface area (TPSA) is 50.3 Å². The maximum Gasteiger partial charge on any atom is 0.134 e. The molecule has 0 spiro atoms. The van der Waals surface area contributed by atoms with Crippen LogP contribution >= 0.6 is 0 Å². The van der Waals surface area contributed by atoms with E-state index < -0.39 is 0 Å². The summed E-state index contributed by atoms with van der Waals surface area (Å²) in [6, 6.07) is 1.97. The molecule has 1 aromatic heterocycles. The third kappa shape index (κ3) is 3.85. The lowest BCUT2D eigenvalue weighted by Crippen LogP contribution is -2.28. The van der Waals surface area contributed by atoms with Gasteiger partial charge in [-0.05, 0) is 6.92 Å². The van der Waals surface area contributed by atoms with Crippen LogP contribution in [0.25, 0.3) is 0 Å². The van der Waals surface area contributed by atoms with Gasteiger partial charge in [0, 0.05) is 39.7 Å². The second-order valence-corrected chi connectivity index (χ2v) is 3.70. The fourth-order valence-electron chi connectivity index (χ4n) is 1.57. The van der Waals surface area contributed by atoms with E-state index in [4.69, 9.17) is 4.74 Å². The van der Waals surface area contributed by atoms with Crippen molar-refractivity contribution in [3.63, 3.8) is 0 Å². The van der Waals surface area contributed by atoms with Gasteiger partial charge in [0.05, 0.1) is 6.61 Å². The summed E-state index contributed by atoms with van der Waals surface area (Å²) in [7, 11) is 3.58. The molecule has 1 aromatic rings. The van der Waals surface area contributed by atoms with E-state index in [1.165, 1.54) is 0 Å². The number of hydrogen-bond donors (Lipinski definition) is 1. The minimum absolute atomic E-state index is 0.703. The summed E-state index contributed by atoms with van der Waals surface area (Å²) in [4.78, 5) is 11.1. The molecule has 1 heterocycles. The molecular formula is C12H22N4O. The van der Waals surface area contributed by atoms with Crippen molar-refractivity contribution in [2.45, 2.75) is 20.3 Å². The van der Waals surface area contributed by atoms with Crippen LogP contribution in [0.4, 0.5) is 11.6 Å². The highest BCUT2D eigenvalue weighted by molar-refractivity contribution is 5.49. The van der Waals surface area contributed by atoms with Gasteiger partial charge in [-0.2, -0.15) is 0 Å². The lowest BCUT2D eigenvalue weighted by Gasteiger charge is -2.22. The van der Waals surface area contributed by atoms with Crippen LogP contribution < -0.4 is 10.2 Å². The first kappa shape index (κ1) is 13.7. The summed E-state index contributed by atoms with van der Waals surface area (Å²) in [5.41, 5.74) is 0. The molecule has 0 saturated heterocycles. The van der Waals surface area contributed by atoms with Crippen molar-refractivity contribution in [1.82, 2.24) is 9.97 Å². The highest BCUT2D eigenvalue weighted by atomic mass is 16.5. The third-order valence-electron chi connectivity index (χ3n) is 2.60. The van der Waals surface area contributed by atoms with Gasteiger partial charge in [0.2, 0.25) is 0 Å². The fourth-order valence-corrected chi connectivity index (χ4v) is 1.57. The quantitative estimate of drug-likeness (QED) is 0.781. The zero-order chi connectivity index (χ0) is 12.7. The van der Waals surface area contributed by atoms with Crippen molar-refractivity contribution in [1.29, 1.82) is 0 Å². The van der Waals surface area contributed by atoms with E-state index in [0.717, 1.165) is 37.0 Å². The van der Waals surface area contributed by atoms with E-state index in [-0.39, 0.29) is 0 Å². The number of rotatable bonds is 7. The highest BCUT2D eigenvalue weighted by Crippen LogP contribution is 2.15. The molecule has 5 heteroatoms. The molecule has 5 nitrogen and oxygen atoms in total. The van der Waals surface area contributed by atoms with E-state index in [0.29, 0.717) is 6.61 Å². The van der Waals surface area contributed by atoms with Crippen LogP contribution in [-0.2, 0) is 11.2 Å². The number of aryl methyl sites for hydroxylation is 1. The Hall–Kier alpha value is -1.36. The first-order valence-electron chi connectivity index (χ1n) is 6.04. The molecular weight excluding hydrogens is 216 g/mol. The molecule has 0 bridgehead atoms. The van der Waals surface area contributed by atoms with E-state index in [1.807, 2.05) is 13.1 Å². The van der Waals surface area contributed by atoms with Crippen LogP contribution in [0.2, 0.25) is 0 Å². The van der Waals surface area contributed by atoms with E-state index in [1.54, 1.807) is 7.11 Å². The van der Waals surface area contributed by atoms with Gasteiger partial charge in [-0.25, -0.2) is 9.97 Å². The third-order valence-corrected chi connectivity index (χ3v) is 2.60. The molecule has 0 aliphatic carbocycles. The Morgan fingerprint density at radius 3 is 2.65 bits per heavy atom. The monoisotopic (exact) mass is 238 g/mol. The number of nitrogens with zero attached hydrogens (tertiary/aromatic N) is 3. The summed E-state index contributed by atoms with van der Waals surface area (Å²) in [5, 5.41) is 3.07. The lowest BCUT2D eigenvalue weighted by molar-refractivity contribution is 0.205. The standard InChI is InChI=1S/C12H22N4O/c1-5-10-14-11(13-3)9-12(15-10)16(6-2)7-8-17-4/h9H,5-8H2,1-4H3,(H,13,14,15).